The number of amides is 1. The van der Waals surface area contributed by atoms with Crippen molar-refractivity contribution in [2.45, 2.75) is 26.4 Å². The highest BCUT2D eigenvalue weighted by Gasteiger charge is 2.16. The molecular weight excluding hydrogens is 332 g/mol. The van der Waals surface area contributed by atoms with Crippen LogP contribution in [0.25, 0.3) is 11.3 Å². The number of nitrogens with zero attached hydrogens (tertiary/aromatic N) is 5. The molecule has 0 radical (unpaired) electrons. The van der Waals surface area contributed by atoms with Crippen LogP contribution >= 0.6 is 0 Å². The van der Waals surface area contributed by atoms with Crippen molar-refractivity contribution >= 4 is 5.91 Å². The predicted octanol–water partition coefficient (Wildman–Crippen LogP) is 2.25. The number of carbonyl (C=O) groups is 1. The fourth-order valence-corrected chi connectivity index (χ4v) is 2.60. The molecule has 0 saturated heterocycles. The molecule has 0 spiro atoms. The summed E-state index contributed by atoms with van der Waals surface area (Å²) < 4.78 is 6.77. The zero-order chi connectivity index (χ0) is 18.5. The molecule has 1 atom stereocenters. The third-order valence-electron chi connectivity index (χ3n) is 3.95. The van der Waals surface area contributed by atoms with E-state index in [1.165, 1.54) is 13.4 Å². The minimum Gasteiger partial charge on any atom is -0.480 e. The van der Waals surface area contributed by atoms with Crippen molar-refractivity contribution in [3.8, 4) is 17.1 Å². The minimum absolute atomic E-state index is 0.188. The Morgan fingerprint density at radius 3 is 2.81 bits per heavy atom. The number of ether oxygens (including phenoxy) is 1. The Hall–Kier alpha value is -3.29. The molecule has 0 aliphatic carbocycles. The summed E-state index contributed by atoms with van der Waals surface area (Å²) >= 11 is 0. The summed E-state index contributed by atoms with van der Waals surface area (Å²) in [5.74, 6) is 0.973. The van der Waals surface area contributed by atoms with Gasteiger partial charge in [0.1, 0.15) is 12.2 Å². The van der Waals surface area contributed by atoms with E-state index >= 15 is 0 Å². The molecule has 1 N–H and O–H groups in total. The van der Waals surface area contributed by atoms with Crippen molar-refractivity contribution < 1.29 is 9.53 Å². The Bertz CT molecular complexity index is 891. The number of carbonyl (C=O) groups excluding carboxylic acids is 1. The van der Waals surface area contributed by atoms with E-state index in [1.807, 2.05) is 26.0 Å². The minimum atomic E-state index is -0.255. The highest BCUT2D eigenvalue weighted by molar-refractivity contribution is 5.95. The molecule has 8 nitrogen and oxygen atoms in total. The van der Waals surface area contributed by atoms with E-state index in [4.69, 9.17) is 4.74 Å². The second-order valence-corrected chi connectivity index (χ2v) is 5.67. The second kappa shape index (κ2) is 7.73. The molecular formula is C18H20N6O2. The molecule has 134 valence electrons. The molecule has 1 aromatic carbocycles. The first-order valence-electron chi connectivity index (χ1n) is 8.29. The quantitative estimate of drug-likeness (QED) is 0.731. The Labute approximate surface area is 151 Å². The molecule has 3 aromatic rings. The fraction of sp³-hybridized carbons (Fsp3) is 0.278. The maximum atomic E-state index is 12.6. The van der Waals surface area contributed by atoms with Crippen molar-refractivity contribution in [2.24, 2.45) is 0 Å². The number of hydrogen-bond acceptors (Lipinski definition) is 6. The lowest BCUT2D eigenvalue weighted by Crippen LogP contribution is -2.28. The molecule has 2 heterocycles. The highest BCUT2D eigenvalue weighted by atomic mass is 16.5. The lowest BCUT2D eigenvalue weighted by molar-refractivity contribution is 0.0937. The third-order valence-corrected chi connectivity index (χ3v) is 3.95. The largest absolute Gasteiger partial charge is 0.480 e. The van der Waals surface area contributed by atoms with Gasteiger partial charge in [0.2, 0.25) is 5.88 Å². The SMILES string of the molecule is CCn1ncnc1[C@H](C)NC(=O)c1cccc(-c2ccc(OC)nn2)c1. The normalized spacial score (nSPS) is 11.8. The molecule has 3 rings (SSSR count). The van der Waals surface area contributed by atoms with Crippen molar-refractivity contribution in [1.82, 2.24) is 30.3 Å². The zero-order valence-corrected chi connectivity index (χ0v) is 14.9. The van der Waals surface area contributed by atoms with Crippen LogP contribution in [0.15, 0.2) is 42.7 Å². The van der Waals surface area contributed by atoms with Crippen LogP contribution in [0.2, 0.25) is 0 Å². The maximum Gasteiger partial charge on any atom is 0.251 e. The van der Waals surface area contributed by atoms with E-state index in [0.717, 1.165) is 11.4 Å². The summed E-state index contributed by atoms with van der Waals surface area (Å²) in [7, 11) is 1.54. The van der Waals surface area contributed by atoms with E-state index in [2.05, 4.69) is 25.6 Å². The van der Waals surface area contributed by atoms with Crippen molar-refractivity contribution in [2.75, 3.05) is 7.11 Å². The smallest absolute Gasteiger partial charge is 0.251 e. The second-order valence-electron chi connectivity index (χ2n) is 5.67. The van der Waals surface area contributed by atoms with E-state index in [9.17, 15) is 4.79 Å². The van der Waals surface area contributed by atoms with Crippen LogP contribution in [0.3, 0.4) is 0 Å². The first-order valence-corrected chi connectivity index (χ1v) is 8.29. The Kier molecular flexibility index (Phi) is 5.21. The van der Waals surface area contributed by atoms with Gasteiger partial charge >= 0.3 is 0 Å². The van der Waals surface area contributed by atoms with Gasteiger partial charge in [0, 0.05) is 23.7 Å². The van der Waals surface area contributed by atoms with Gasteiger partial charge in [-0.1, -0.05) is 12.1 Å². The average Bonchev–Trinajstić information content (AvgIpc) is 3.17. The van der Waals surface area contributed by atoms with Crippen LogP contribution in [-0.2, 0) is 6.54 Å². The standard InChI is InChI=1S/C18H20N6O2/c1-4-24-17(19-11-20-24)12(2)21-18(25)14-7-5-6-13(10-14)15-8-9-16(26-3)23-22-15/h5-12H,4H2,1-3H3,(H,21,25)/t12-/m0/s1. The van der Waals surface area contributed by atoms with Crippen molar-refractivity contribution in [3.63, 3.8) is 0 Å². The molecule has 0 aliphatic rings. The summed E-state index contributed by atoms with van der Waals surface area (Å²) in [5, 5.41) is 15.2. The molecule has 0 aliphatic heterocycles. The Balaban J connectivity index is 1.77. The van der Waals surface area contributed by atoms with Gasteiger partial charge in [-0.05, 0) is 32.0 Å². The molecule has 26 heavy (non-hydrogen) atoms. The average molecular weight is 352 g/mol. The topological polar surface area (TPSA) is 94.8 Å². The third kappa shape index (κ3) is 3.69. The summed E-state index contributed by atoms with van der Waals surface area (Å²) in [4.78, 5) is 16.8. The summed E-state index contributed by atoms with van der Waals surface area (Å²) in [5.41, 5.74) is 2.01. The van der Waals surface area contributed by atoms with Gasteiger partial charge in [0.25, 0.3) is 5.91 Å². The number of nitrogens with one attached hydrogen (secondary N) is 1. The number of methoxy groups -OCH3 is 1. The van der Waals surface area contributed by atoms with Crippen LogP contribution in [0.4, 0.5) is 0 Å². The highest BCUT2D eigenvalue weighted by Crippen LogP contribution is 2.19. The zero-order valence-electron chi connectivity index (χ0n) is 14.9. The summed E-state index contributed by atoms with van der Waals surface area (Å²) in [6.45, 7) is 4.56. The number of hydrogen-bond donors (Lipinski definition) is 1. The van der Waals surface area contributed by atoms with Crippen LogP contribution < -0.4 is 10.1 Å². The molecule has 8 heteroatoms. The van der Waals surface area contributed by atoms with Gasteiger partial charge < -0.3 is 10.1 Å². The summed E-state index contributed by atoms with van der Waals surface area (Å²) in [6.07, 6.45) is 1.49. The lowest BCUT2D eigenvalue weighted by atomic mass is 10.1. The molecule has 0 bridgehead atoms. The van der Waals surface area contributed by atoms with Crippen LogP contribution in [-0.4, -0.2) is 38.0 Å². The number of aromatic nitrogens is 5. The van der Waals surface area contributed by atoms with Gasteiger partial charge in [-0.2, -0.15) is 5.10 Å². The predicted molar refractivity (Wildman–Crippen MR) is 95.6 cm³/mol. The molecule has 0 unspecified atom stereocenters. The van der Waals surface area contributed by atoms with Crippen LogP contribution in [0.5, 0.6) is 5.88 Å². The van der Waals surface area contributed by atoms with Gasteiger partial charge in [-0.25, -0.2) is 9.67 Å². The number of aryl methyl sites for hydroxylation is 1. The Morgan fingerprint density at radius 2 is 2.12 bits per heavy atom. The molecule has 2 aromatic heterocycles. The molecule has 1 amide bonds. The van der Waals surface area contributed by atoms with Crippen molar-refractivity contribution in [1.29, 1.82) is 0 Å². The van der Waals surface area contributed by atoms with Crippen molar-refractivity contribution in [3.05, 3.63) is 54.1 Å². The molecule has 0 fully saturated rings. The van der Waals surface area contributed by atoms with E-state index in [-0.39, 0.29) is 11.9 Å². The monoisotopic (exact) mass is 352 g/mol. The molecule has 0 saturated carbocycles. The maximum absolute atomic E-state index is 12.6. The van der Waals surface area contributed by atoms with Gasteiger partial charge in [0.05, 0.1) is 18.8 Å². The van der Waals surface area contributed by atoms with E-state index < -0.39 is 0 Å². The van der Waals surface area contributed by atoms with E-state index in [0.29, 0.717) is 23.7 Å². The summed E-state index contributed by atoms with van der Waals surface area (Å²) in [6, 6.07) is 10.5. The van der Waals surface area contributed by atoms with Crippen LogP contribution in [0, 0.1) is 0 Å². The lowest BCUT2D eigenvalue weighted by Gasteiger charge is -2.14. The van der Waals surface area contributed by atoms with Gasteiger partial charge in [-0.15, -0.1) is 10.2 Å². The number of rotatable bonds is 6. The van der Waals surface area contributed by atoms with Gasteiger partial charge in [0.15, 0.2) is 0 Å². The first kappa shape index (κ1) is 17.5. The number of benzene rings is 1. The Morgan fingerprint density at radius 1 is 1.27 bits per heavy atom. The van der Waals surface area contributed by atoms with Gasteiger partial charge in [-0.3, -0.25) is 4.79 Å². The first-order chi connectivity index (χ1) is 12.6. The van der Waals surface area contributed by atoms with E-state index in [1.54, 1.807) is 28.9 Å². The van der Waals surface area contributed by atoms with Crippen LogP contribution in [0.1, 0.15) is 36.1 Å². The fourth-order valence-electron chi connectivity index (χ4n) is 2.60.